The molecule has 0 radical (unpaired) electrons. The van der Waals surface area contributed by atoms with E-state index in [0.29, 0.717) is 11.4 Å². The summed E-state index contributed by atoms with van der Waals surface area (Å²) >= 11 is 0. The molecule has 1 aliphatic heterocycles. The smallest absolute Gasteiger partial charge is 0.249 e. The molecule has 0 unspecified atom stereocenters. The third-order valence-electron chi connectivity index (χ3n) is 3.09. The van der Waals surface area contributed by atoms with Crippen molar-refractivity contribution in [1.29, 1.82) is 0 Å². The molecule has 0 saturated heterocycles. The second-order valence-corrected chi connectivity index (χ2v) is 4.58. The van der Waals surface area contributed by atoms with Crippen molar-refractivity contribution < 1.29 is 9.59 Å². The van der Waals surface area contributed by atoms with Gasteiger partial charge in [-0.25, -0.2) is 10.9 Å². The van der Waals surface area contributed by atoms with E-state index in [0.717, 1.165) is 5.56 Å². The fourth-order valence-electron chi connectivity index (χ4n) is 1.85. The number of hydrogen-bond acceptors (Lipinski definition) is 4. The molecule has 1 atom stereocenters. The second kappa shape index (κ2) is 6.10. The van der Waals surface area contributed by atoms with E-state index in [9.17, 15) is 9.59 Å². The summed E-state index contributed by atoms with van der Waals surface area (Å²) in [4.78, 5) is 23.2. The quantitative estimate of drug-likeness (QED) is 0.634. The van der Waals surface area contributed by atoms with Crippen LogP contribution in [0.2, 0.25) is 0 Å². The number of hydrazone groups is 2. The van der Waals surface area contributed by atoms with Crippen LogP contribution in [0.1, 0.15) is 25.8 Å². The third kappa shape index (κ3) is 3.28. The zero-order valence-corrected chi connectivity index (χ0v) is 11.4. The van der Waals surface area contributed by atoms with Crippen molar-refractivity contribution in [2.24, 2.45) is 16.1 Å². The lowest BCUT2D eigenvalue weighted by atomic mass is 10.0. The molecule has 1 aromatic rings. The van der Waals surface area contributed by atoms with Crippen molar-refractivity contribution in [1.82, 2.24) is 10.9 Å². The van der Waals surface area contributed by atoms with Crippen molar-refractivity contribution in [2.75, 3.05) is 0 Å². The topological polar surface area (TPSA) is 82.9 Å². The summed E-state index contributed by atoms with van der Waals surface area (Å²) in [5.41, 5.74) is 7.07. The first-order valence-corrected chi connectivity index (χ1v) is 6.30. The predicted octanol–water partition coefficient (Wildman–Crippen LogP) is 1.04. The van der Waals surface area contributed by atoms with E-state index < -0.39 is 5.92 Å². The van der Waals surface area contributed by atoms with Crippen molar-refractivity contribution in [3.05, 3.63) is 35.9 Å². The lowest BCUT2D eigenvalue weighted by Gasteiger charge is -2.06. The van der Waals surface area contributed by atoms with Crippen LogP contribution in [0.3, 0.4) is 0 Å². The summed E-state index contributed by atoms with van der Waals surface area (Å²) in [5.74, 6) is -1.06. The van der Waals surface area contributed by atoms with Gasteiger partial charge in [-0.3, -0.25) is 9.59 Å². The summed E-state index contributed by atoms with van der Waals surface area (Å²) in [6.07, 6.45) is 0.0483. The molecule has 20 heavy (non-hydrogen) atoms. The van der Waals surface area contributed by atoms with Gasteiger partial charge in [0.25, 0.3) is 0 Å². The molecule has 104 valence electrons. The summed E-state index contributed by atoms with van der Waals surface area (Å²) in [7, 11) is 0. The Kier molecular flexibility index (Phi) is 4.24. The number of nitrogens with one attached hydrogen (secondary N) is 2. The molecule has 0 aliphatic carbocycles. The first-order valence-electron chi connectivity index (χ1n) is 6.30. The number of carbonyl (C=O) groups excluding carboxylic acids is 2. The van der Waals surface area contributed by atoms with E-state index in [2.05, 4.69) is 21.1 Å². The van der Waals surface area contributed by atoms with Crippen LogP contribution in [0.5, 0.6) is 0 Å². The molecule has 0 saturated carbocycles. The molecule has 0 bridgehead atoms. The Morgan fingerprint density at radius 3 is 2.70 bits per heavy atom. The molecule has 1 heterocycles. The van der Waals surface area contributed by atoms with Gasteiger partial charge in [-0.1, -0.05) is 30.3 Å². The highest BCUT2D eigenvalue weighted by molar-refractivity contribution is 6.09. The molecular weight excluding hydrogens is 256 g/mol. The van der Waals surface area contributed by atoms with Crippen LogP contribution in [0.4, 0.5) is 0 Å². The molecule has 2 N–H and O–H groups in total. The second-order valence-electron chi connectivity index (χ2n) is 4.58. The third-order valence-corrected chi connectivity index (χ3v) is 3.09. The zero-order valence-electron chi connectivity index (χ0n) is 11.4. The molecule has 0 aromatic heterocycles. The van der Waals surface area contributed by atoms with Crippen LogP contribution in [-0.4, -0.2) is 23.2 Å². The minimum atomic E-state index is -0.498. The van der Waals surface area contributed by atoms with Gasteiger partial charge in [0, 0.05) is 12.1 Å². The van der Waals surface area contributed by atoms with Crippen molar-refractivity contribution in [3.8, 4) is 0 Å². The van der Waals surface area contributed by atoms with Gasteiger partial charge < -0.3 is 0 Å². The van der Waals surface area contributed by atoms with Crippen LogP contribution in [-0.2, 0) is 9.59 Å². The van der Waals surface area contributed by atoms with E-state index in [1.54, 1.807) is 6.92 Å². The molecule has 0 fully saturated rings. The first kappa shape index (κ1) is 13.9. The van der Waals surface area contributed by atoms with Crippen LogP contribution < -0.4 is 10.9 Å². The van der Waals surface area contributed by atoms with Crippen LogP contribution >= 0.6 is 0 Å². The zero-order chi connectivity index (χ0) is 14.5. The Morgan fingerprint density at radius 2 is 2.10 bits per heavy atom. The normalized spacial score (nSPS) is 18.5. The summed E-state index contributed by atoms with van der Waals surface area (Å²) < 4.78 is 0. The van der Waals surface area contributed by atoms with Crippen LogP contribution in [0.25, 0.3) is 0 Å². The standard InChI is InChI=1S/C14H16N4O2/c1-9(11-6-4-3-5-7-11)15-17-13(19)8-12-10(2)16-18-14(12)20/h3-7,12H,8H2,1-2H3,(H,17,19)(H,18,20)/t12-/m0/s1. The maximum absolute atomic E-state index is 11.8. The van der Waals surface area contributed by atoms with Gasteiger partial charge in [0.15, 0.2) is 0 Å². The van der Waals surface area contributed by atoms with E-state index in [1.807, 2.05) is 37.3 Å². The minimum absolute atomic E-state index is 0.0483. The summed E-state index contributed by atoms with van der Waals surface area (Å²) in [5, 5.41) is 7.83. The van der Waals surface area contributed by atoms with Gasteiger partial charge in [0.2, 0.25) is 11.8 Å². The number of hydrogen-bond donors (Lipinski definition) is 2. The molecule has 2 rings (SSSR count). The number of rotatable bonds is 4. The monoisotopic (exact) mass is 272 g/mol. The lowest BCUT2D eigenvalue weighted by Crippen LogP contribution is -2.29. The van der Waals surface area contributed by atoms with Crippen LogP contribution in [0, 0.1) is 5.92 Å². The first-order chi connectivity index (χ1) is 9.58. The highest BCUT2D eigenvalue weighted by Crippen LogP contribution is 2.11. The highest BCUT2D eigenvalue weighted by atomic mass is 16.2. The lowest BCUT2D eigenvalue weighted by molar-refractivity contribution is -0.127. The summed E-state index contributed by atoms with van der Waals surface area (Å²) in [6, 6.07) is 9.53. The van der Waals surface area contributed by atoms with Crippen molar-refractivity contribution in [2.45, 2.75) is 20.3 Å². The average molecular weight is 272 g/mol. The average Bonchev–Trinajstić information content (AvgIpc) is 2.77. The number of amides is 2. The van der Waals surface area contributed by atoms with E-state index >= 15 is 0 Å². The Labute approximate surface area is 116 Å². The predicted molar refractivity (Wildman–Crippen MR) is 76.2 cm³/mol. The maximum atomic E-state index is 11.8. The molecular formula is C14H16N4O2. The Bertz CT molecular complexity index is 578. The summed E-state index contributed by atoms with van der Waals surface area (Å²) in [6.45, 7) is 3.53. The number of carbonyl (C=O) groups is 2. The Hall–Kier alpha value is -2.50. The van der Waals surface area contributed by atoms with Crippen LogP contribution in [0.15, 0.2) is 40.5 Å². The van der Waals surface area contributed by atoms with Crippen molar-refractivity contribution in [3.63, 3.8) is 0 Å². The molecule has 2 amide bonds. The Balaban J connectivity index is 1.92. The molecule has 0 spiro atoms. The van der Waals surface area contributed by atoms with Gasteiger partial charge in [0.05, 0.1) is 11.6 Å². The van der Waals surface area contributed by atoms with Crippen molar-refractivity contribution >= 4 is 23.2 Å². The molecule has 6 heteroatoms. The van der Waals surface area contributed by atoms with Gasteiger partial charge >= 0.3 is 0 Å². The Morgan fingerprint density at radius 1 is 1.40 bits per heavy atom. The van der Waals surface area contributed by atoms with Gasteiger partial charge in [-0.05, 0) is 19.4 Å². The van der Waals surface area contributed by atoms with Gasteiger partial charge in [-0.15, -0.1) is 0 Å². The van der Waals surface area contributed by atoms with Gasteiger partial charge in [-0.2, -0.15) is 10.2 Å². The minimum Gasteiger partial charge on any atom is -0.273 e. The molecule has 1 aromatic carbocycles. The van der Waals surface area contributed by atoms with E-state index in [4.69, 9.17) is 0 Å². The number of nitrogens with zero attached hydrogens (tertiary/aromatic N) is 2. The SMILES string of the molecule is CC(=NNC(=O)C[C@@H]1C(=O)NN=C1C)c1ccccc1. The van der Waals surface area contributed by atoms with Gasteiger partial charge in [0.1, 0.15) is 0 Å². The fraction of sp³-hybridized carbons (Fsp3) is 0.286. The number of benzene rings is 1. The fourth-order valence-corrected chi connectivity index (χ4v) is 1.85. The van der Waals surface area contributed by atoms with E-state index in [1.165, 1.54) is 0 Å². The maximum Gasteiger partial charge on any atom is 0.249 e. The molecule has 6 nitrogen and oxygen atoms in total. The highest BCUT2D eigenvalue weighted by Gasteiger charge is 2.28. The van der Waals surface area contributed by atoms with E-state index in [-0.39, 0.29) is 18.2 Å². The largest absolute Gasteiger partial charge is 0.273 e. The molecule has 1 aliphatic rings.